The monoisotopic (exact) mass is 315 g/mol. The van der Waals surface area contributed by atoms with Gasteiger partial charge in [0.25, 0.3) is 5.91 Å². The van der Waals surface area contributed by atoms with Crippen LogP contribution in [-0.2, 0) is 9.53 Å². The third-order valence-electron chi connectivity index (χ3n) is 2.05. The van der Waals surface area contributed by atoms with Crippen molar-refractivity contribution in [1.29, 1.82) is 0 Å². The van der Waals surface area contributed by atoms with E-state index < -0.39 is 5.97 Å². The smallest absolute Gasteiger partial charge is 0.325 e. The zero-order valence-corrected chi connectivity index (χ0v) is 11.6. The molecule has 1 amide bonds. The predicted molar refractivity (Wildman–Crippen MR) is 69.1 cm³/mol. The first-order valence-electron chi connectivity index (χ1n) is 5.39. The second-order valence-electron chi connectivity index (χ2n) is 3.38. The molecule has 1 heterocycles. The highest BCUT2D eigenvalue weighted by atomic mass is 79.9. The molecule has 0 spiro atoms. The minimum atomic E-state index is -0.460. The summed E-state index contributed by atoms with van der Waals surface area (Å²) < 4.78 is 10.4. The summed E-state index contributed by atoms with van der Waals surface area (Å²) in [5, 5.41) is 0. The number of hydrogen-bond donors (Lipinski definition) is 0. The molecule has 1 rings (SSSR count). The summed E-state index contributed by atoms with van der Waals surface area (Å²) in [6.45, 7) is 5.66. The summed E-state index contributed by atoms with van der Waals surface area (Å²) in [5.41, 5.74) is 0. The average molecular weight is 316 g/mol. The van der Waals surface area contributed by atoms with E-state index in [1.165, 1.54) is 17.0 Å². The predicted octanol–water partition coefficient (Wildman–Crippen LogP) is 2.23. The molecule has 0 unspecified atom stereocenters. The van der Waals surface area contributed by atoms with Crippen molar-refractivity contribution < 1.29 is 18.7 Å². The van der Waals surface area contributed by atoms with Crippen LogP contribution in [0.3, 0.4) is 0 Å². The van der Waals surface area contributed by atoms with Crippen LogP contribution in [0.1, 0.15) is 17.5 Å². The molecule has 0 aliphatic heterocycles. The van der Waals surface area contributed by atoms with Crippen LogP contribution in [-0.4, -0.2) is 36.5 Å². The van der Waals surface area contributed by atoms with Gasteiger partial charge in [-0.2, -0.15) is 0 Å². The fourth-order valence-corrected chi connectivity index (χ4v) is 1.63. The Balaban J connectivity index is 2.74. The third kappa shape index (κ3) is 4.03. The Labute approximate surface area is 114 Å². The van der Waals surface area contributed by atoms with Crippen molar-refractivity contribution >= 4 is 27.8 Å². The second kappa shape index (κ2) is 7.00. The molecule has 0 bridgehead atoms. The summed E-state index contributed by atoms with van der Waals surface area (Å²) in [6, 6.07) is 3.15. The van der Waals surface area contributed by atoms with E-state index in [9.17, 15) is 9.59 Å². The maximum Gasteiger partial charge on any atom is 0.325 e. The highest BCUT2D eigenvalue weighted by molar-refractivity contribution is 9.10. The lowest BCUT2D eigenvalue weighted by Crippen LogP contribution is -2.36. The Morgan fingerprint density at radius 1 is 1.56 bits per heavy atom. The number of rotatable bonds is 6. The van der Waals surface area contributed by atoms with E-state index >= 15 is 0 Å². The molecule has 0 saturated carbocycles. The van der Waals surface area contributed by atoms with E-state index in [1.807, 2.05) is 0 Å². The Morgan fingerprint density at radius 3 is 2.78 bits per heavy atom. The fourth-order valence-electron chi connectivity index (χ4n) is 1.32. The van der Waals surface area contributed by atoms with Crippen molar-refractivity contribution in [3.63, 3.8) is 0 Å². The van der Waals surface area contributed by atoms with Crippen LogP contribution >= 0.6 is 15.9 Å². The number of halogens is 1. The van der Waals surface area contributed by atoms with Crippen LogP contribution in [0, 0.1) is 0 Å². The largest absolute Gasteiger partial charge is 0.465 e. The standard InChI is InChI=1S/C12H14BrNO4/c1-3-7-14(8-11(15)17-4-2)12(16)9-5-6-10(13)18-9/h3,5-6H,1,4,7-8H2,2H3. The van der Waals surface area contributed by atoms with Crippen molar-refractivity contribution in [1.82, 2.24) is 4.90 Å². The second-order valence-corrected chi connectivity index (χ2v) is 4.16. The molecular weight excluding hydrogens is 302 g/mol. The number of hydrogen-bond acceptors (Lipinski definition) is 4. The number of carbonyl (C=O) groups excluding carboxylic acids is 2. The normalized spacial score (nSPS) is 9.89. The van der Waals surface area contributed by atoms with Crippen molar-refractivity contribution in [2.45, 2.75) is 6.92 Å². The van der Waals surface area contributed by atoms with Crippen molar-refractivity contribution in [3.05, 3.63) is 35.2 Å². The molecule has 0 saturated heterocycles. The SMILES string of the molecule is C=CCN(CC(=O)OCC)C(=O)c1ccc(Br)o1. The highest BCUT2D eigenvalue weighted by Gasteiger charge is 2.21. The van der Waals surface area contributed by atoms with E-state index in [-0.39, 0.29) is 31.4 Å². The van der Waals surface area contributed by atoms with Gasteiger partial charge in [-0.3, -0.25) is 9.59 Å². The van der Waals surface area contributed by atoms with Gasteiger partial charge in [-0.25, -0.2) is 0 Å². The van der Waals surface area contributed by atoms with Gasteiger partial charge in [-0.15, -0.1) is 6.58 Å². The molecule has 0 fully saturated rings. The molecule has 0 N–H and O–H groups in total. The molecule has 0 aromatic carbocycles. The zero-order chi connectivity index (χ0) is 13.5. The molecule has 0 aliphatic rings. The molecule has 1 aromatic rings. The van der Waals surface area contributed by atoms with E-state index in [1.54, 1.807) is 13.0 Å². The van der Waals surface area contributed by atoms with Gasteiger partial charge in [-0.05, 0) is 35.0 Å². The topological polar surface area (TPSA) is 59.8 Å². The summed E-state index contributed by atoms with van der Waals surface area (Å²) in [6.07, 6.45) is 1.54. The first-order chi connectivity index (χ1) is 8.58. The molecule has 0 aliphatic carbocycles. The van der Waals surface area contributed by atoms with Gasteiger partial charge in [0.2, 0.25) is 0 Å². The Morgan fingerprint density at radius 2 is 2.28 bits per heavy atom. The molecule has 98 valence electrons. The highest BCUT2D eigenvalue weighted by Crippen LogP contribution is 2.15. The van der Waals surface area contributed by atoms with Crippen LogP contribution in [0.25, 0.3) is 0 Å². The van der Waals surface area contributed by atoms with Gasteiger partial charge in [0.15, 0.2) is 10.4 Å². The van der Waals surface area contributed by atoms with Gasteiger partial charge in [0.1, 0.15) is 6.54 Å². The number of ether oxygens (including phenoxy) is 1. The zero-order valence-electron chi connectivity index (χ0n) is 10.0. The van der Waals surface area contributed by atoms with Crippen molar-refractivity contribution in [2.75, 3.05) is 19.7 Å². The van der Waals surface area contributed by atoms with E-state index in [4.69, 9.17) is 9.15 Å². The molecule has 6 heteroatoms. The van der Waals surface area contributed by atoms with Gasteiger partial charge >= 0.3 is 5.97 Å². The van der Waals surface area contributed by atoms with E-state index in [2.05, 4.69) is 22.5 Å². The number of furan rings is 1. The first-order valence-corrected chi connectivity index (χ1v) is 6.19. The lowest BCUT2D eigenvalue weighted by molar-refractivity contribution is -0.143. The average Bonchev–Trinajstić information content (AvgIpc) is 2.75. The molecule has 18 heavy (non-hydrogen) atoms. The lowest BCUT2D eigenvalue weighted by Gasteiger charge is -2.18. The Kier molecular flexibility index (Phi) is 5.64. The van der Waals surface area contributed by atoms with Crippen LogP contribution in [0.15, 0.2) is 33.9 Å². The fraction of sp³-hybridized carbons (Fsp3) is 0.333. The molecule has 0 radical (unpaired) electrons. The van der Waals surface area contributed by atoms with Crippen LogP contribution in [0.5, 0.6) is 0 Å². The van der Waals surface area contributed by atoms with Crippen LogP contribution < -0.4 is 0 Å². The number of carbonyl (C=O) groups is 2. The third-order valence-corrected chi connectivity index (χ3v) is 2.47. The summed E-state index contributed by atoms with van der Waals surface area (Å²) in [5.74, 6) is -0.681. The maximum absolute atomic E-state index is 12.0. The van der Waals surface area contributed by atoms with Crippen molar-refractivity contribution in [3.8, 4) is 0 Å². The van der Waals surface area contributed by atoms with Gasteiger partial charge in [0, 0.05) is 6.54 Å². The first kappa shape index (κ1) is 14.5. The Hall–Kier alpha value is -1.56. The number of nitrogens with zero attached hydrogens (tertiary/aromatic N) is 1. The van der Waals surface area contributed by atoms with Gasteiger partial charge in [0.05, 0.1) is 6.61 Å². The maximum atomic E-state index is 12.0. The number of esters is 1. The van der Waals surface area contributed by atoms with Gasteiger partial charge < -0.3 is 14.1 Å². The van der Waals surface area contributed by atoms with E-state index in [0.717, 1.165) is 0 Å². The van der Waals surface area contributed by atoms with Gasteiger partial charge in [-0.1, -0.05) is 6.08 Å². The minimum absolute atomic E-state index is 0.128. The summed E-state index contributed by atoms with van der Waals surface area (Å²) >= 11 is 3.12. The molecular formula is C12H14BrNO4. The summed E-state index contributed by atoms with van der Waals surface area (Å²) in [7, 11) is 0. The number of amides is 1. The van der Waals surface area contributed by atoms with Crippen LogP contribution in [0.4, 0.5) is 0 Å². The lowest BCUT2D eigenvalue weighted by atomic mass is 10.3. The van der Waals surface area contributed by atoms with Crippen molar-refractivity contribution in [2.24, 2.45) is 0 Å². The minimum Gasteiger partial charge on any atom is -0.465 e. The van der Waals surface area contributed by atoms with Crippen LogP contribution in [0.2, 0.25) is 0 Å². The Bertz CT molecular complexity index is 441. The molecule has 1 aromatic heterocycles. The molecule has 0 atom stereocenters. The quantitative estimate of drug-likeness (QED) is 0.596. The summed E-state index contributed by atoms with van der Waals surface area (Å²) in [4.78, 5) is 24.7. The molecule has 5 nitrogen and oxygen atoms in total. The van der Waals surface area contributed by atoms with E-state index in [0.29, 0.717) is 4.67 Å².